The van der Waals surface area contributed by atoms with Crippen molar-refractivity contribution in [1.29, 1.82) is 0 Å². The second-order valence-corrected chi connectivity index (χ2v) is 12.0. The molecule has 0 radical (unpaired) electrons. The van der Waals surface area contributed by atoms with Crippen molar-refractivity contribution in [1.82, 2.24) is 10.0 Å². The topological polar surface area (TPSA) is 168 Å². The number of phenolic OH excluding ortho intramolecular Hbond substituents is 1. The van der Waals surface area contributed by atoms with Gasteiger partial charge in [-0.1, -0.05) is 6.07 Å². The number of aliphatic hydroxyl groups excluding tert-OH is 2. The fourth-order valence-electron chi connectivity index (χ4n) is 3.88. The Kier molecular flexibility index (Phi) is 8.96. The third-order valence-electron chi connectivity index (χ3n) is 5.71. The van der Waals surface area contributed by atoms with E-state index in [-0.39, 0.29) is 42.1 Å². The maximum absolute atomic E-state index is 12.1. The number of anilines is 2. The van der Waals surface area contributed by atoms with Crippen LogP contribution >= 0.6 is 0 Å². The summed E-state index contributed by atoms with van der Waals surface area (Å²) in [6.07, 6.45) is 1.74. The first-order valence-corrected chi connectivity index (χ1v) is 14.5. The van der Waals surface area contributed by atoms with E-state index in [1.165, 1.54) is 12.1 Å². The van der Waals surface area contributed by atoms with Gasteiger partial charge in [0.05, 0.1) is 29.5 Å². The summed E-state index contributed by atoms with van der Waals surface area (Å²) in [6.45, 7) is 1.47. The van der Waals surface area contributed by atoms with Crippen LogP contribution in [0.5, 0.6) is 5.75 Å². The number of rotatable bonds is 11. The molecule has 35 heavy (non-hydrogen) atoms. The monoisotopic (exact) mass is 528 g/mol. The van der Waals surface area contributed by atoms with Gasteiger partial charge in [0, 0.05) is 37.9 Å². The number of aromatic hydroxyl groups is 1. The molecule has 1 fully saturated rings. The van der Waals surface area contributed by atoms with Crippen molar-refractivity contribution >= 4 is 31.4 Å². The van der Waals surface area contributed by atoms with Gasteiger partial charge >= 0.3 is 0 Å². The molecule has 1 saturated heterocycles. The maximum atomic E-state index is 12.1. The van der Waals surface area contributed by atoms with Gasteiger partial charge in [-0.3, -0.25) is 4.72 Å². The van der Waals surface area contributed by atoms with Crippen LogP contribution in [-0.4, -0.2) is 77.2 Å². The van der Waals surface area contributed by atoms with Crippen molar-refractivity contribution < 1.29 is 32.2 Å². The van der Waals surface area contributed by atoms with Crippen molar-refractivity contribution in [2.45, 2.75) is 29.9 Å². The van der Waals surface area contributed by atoms with Crippen LogP contribution in [0, 0.1) is 0 Å². The number of benzene rings is 2. The minimum absolute atomic E-state index is 0.0142. The molecule has 0 aliphatic carbocycles. The van der Waals surface area contributed by atoms with E-state index in [0.717, 1.165) is 37.9 Å². The molecule has 2 aromatic rings. The second-order valence-electron chi connectivity index (χ2n) is 8.45. The minimum Gasteiger partial charge on any atom is -0.506 e. The van der Waals surface area contributed by atoms with Crippen LogP contribution < -0.4 is 19.7 Å². The molecule has 0 saturated carbocycles. The van der Waals surface area contributed by atoms with E-state index in [1.807, 2.05) is 0 Å². The maximum Gasteiger partial charge on any atom is 0.240 e. The Morgan fingerprint density at radius 3 is 2.31 bits per heavy atom. The lowest BCUT2D eigenvalue weighted by molar-refractivity contribution is 0.167. The Hall–Kier alpha value is -2.42. The SMILES string of the molecule is CS(=O)(=O)Nc1cc([C@@H](O)CNC2CCN(c3ccc(S(=O)(=O)NCCO)cc3)CC2)ccc1O. The van der Waals surface area contributed by atoms with Crippen LogP contribution in [0.2, 0.25) is 0 Å². The van der Waals surface area contributed by atoms with Crippen LogP contribution in [0.4, 0.5) is 11.4 Å². The van der Waals surface area contributed by atoms with Crippen molar-refractivity contribution in [3.63, 3.8) is 0 Å². The molecule has 1 atom stereocenters. The highest BCUT2D eigenvalue weighted by atomic mass is 32.2. The normalized spacial score (nSPS) is 16.3. The quantitative estimate of drug-likeness (QED) is 0.225. The molecule has 0 bridgehead atoms. The standard InChI is InChI=1S/C22H32N4O7S2/c1-34(30,31)25-20-14-16(2-7-21(20)28)22(29)15-23-17-8-11-26(12-9-17)18-3-5-19(6-4-18)35(32,33)24-10-13-27/h2-7,14,17,22-25,27-29H,8-13,15H2,1H3/t22-/m0/s1. The number of hydrogen-bond donors (Lipinski definition) is 6. The second kappa shape index (κ2) is 11.5. The Bertz CT molecular complexity index is 1200. The first kappa shape index (κ1) is 27.2. The summed E-state index contributed by atoms with van der Waals surface area (Å²) < 4.78 is 51.7. The summed E-state index contributed by atoms with van der Waals surface area (Å²) in [4.78, 5) is 2.30. The highest BCUT2D eigenvalue weighted by Crippen LogP contribution is 2.28. The van der Waals surface area contributed by atoms with Gasteiger partial charge in [0.25, 0.3) is 0 Å². The van der Waals surface area contributed by atoms with Gasteiger partial charge in [-0.2, -0.15) is 0 Å². The molecular weight excluding hydrogens is 496 g/mol. The minimum atomic E-state index is -3.64. The van der Waals surface area contributed by atoms with E-state index in [2.05, 4.69) is 19.7 Å². The third kappa shape index (κ3) is 7.78. The lowest BCUT2D eigenvalue weighted by Gasteiger charge is -2.34. The summed E-state index contributed by atoms with van der Waals surface area (Å²) in [6, 6.07) is 11.1. The number of aliphatic hydroxyl groups is 2. The van der Waals surface area contributed by atoms with E-state index in [4.69, 9.17) is 5.11 Å². The van der Waals surface area contributed by atoms with E-state index in [9.17, 15) is 27.0 Å². The first-order valence-electron chi connectivity index (χ1n) is 11.2. The molecule has 1 aliphatic heterocycles. The van der Waals surface area contributed by atoms with Crippen LogP contribution in [0.1, 0.15) is 24.5 Å². The van der Waals surface area contributed by atoms with Gasteiger partial charge < -0.3 is 25.5 Å². The zero-order chi connectivity index (χ0) is 25.6. The van der Waals surface area contributed by atoms with E-state index < -0.39 is 26.2 Å². The zero-order valence-electron chi connectivity index (χ0n) is 19.4. The first-order chi connectivity index (χ1) is 16.5. The molecular formula is C22H32N4O7S2. The lowest BCUT2D eigenvalue weighted by atomic mass is 10.0. The number of phenols is 1. The molecule has 3 rings (SSSR count). The Balaban J connectivity index is 1.51. The molecule has 11 nitrogen and oxygen atoms in total. The average molecular weight is 529 g/mol. The van der Waals surface area contributed by atoms with Crippen molar-refractivity contribution in [3.8, 4) is 5.75 Å². The number of nitrogens with one attached hydrogen (secondary N) is 3. The molecule has 13 heteroatoms. The Morgan fingerprint density at radius 1 is 1.06 bits per heavy atom. The van der Waals surface area contributed by atoms with E-state index in [1.54, 1.807) is 30.3 Å². The van der Waals surface area contributed by atoms with Gasteiger partial charge in [-0.15, -0.1) is 0 Å². The van der Waals surface area contributed by atoms with Crippen molar-refractivity contribution in [3.05, 3.63) is 48.0 Å². The van der Waals surface area contributed by atoms with E-state index >= 15 is 0 Å². The molecule has 1 heterocycles. The fourth-order valence-corrected chi connectivity index (χ4v) is 5.46. The molecule has 2 aromatic carbocycles. The summed E-state index contributed by atoms with van der Waals surface area (Å²) in [5.41, 5.74) is 1.40. The van der Waals surface area contributed by atoms with Gasteiger partial charge in [0.2, 0.25) is 20.0 Å². The predicted molar refractivity (Wildman–Crippen MR) is 133 cm³/mol. The lowest BCUT2D eigenvalue weighted by Crippen LogP contribution is -2.43. The molecule has 1 aliphatic rings. The number of piperidine rings is 1. The number of hydrogen-bond acceptors (Lipinski definition) is 9. The van der Waals surface area contributed by atoms with Gasteiger partial charge in [0.15, 0.2) is 0 Å². The van der Waals surface area contributed by atoms with Gasteiger partial charge in [-0.25, -0.2) is 21.6 Å². The Labute approximate surface area is 205 Å². The highest BCUT2D eigenvalue weighted by molar-refractivity contribution is 7.92. The van der Waals surface area contributed by atoms with Gasteiger partial charge in [-0.05, 0) is 54.8 Å². The smallest absolute Gasteiger partial charge is 0.240 e. The van der Waals surface area contributed by atoms with Crippen LogP contribution in [-0.2, 0) is 20.0 Å². The van der Waals surface area contributed by atoms with Crippen molar-refractivity contribution in [2.75, 3.05) is 48.7 Å². The molecule has 0 spiro atoms. The highest BCUT2D eigenvalue weighted by Gasteiger charge is 2.21. The largest absolute Gasteiger partial charge is 0.506 e. The number of sulfonamides is 2. The number of nitrogens with zero attached hydrogens (tertiary/aromatic N) is 1. The van der Waals surface area contributed by atoms with Crippen LogP contribution in [0.3, 0.4) is 0 Å². The van der Waals surface area contributed by atoms with Crippen molar-refractivity contribution in [2.24, 2.45) is 0 Å². The third-order valence-corrected chi connectivity index (χ3v) is 7.78. The van der Waals surface area contributed by atoms with E-state index in [0.29, 0.717) is 5.56 Å². The zero-order valence-corrected chi connectivity index (χ0v) is 21.0. The average Bonchev–Trinajstić information content (AvgIpc) is 2.82. The summed E-state index contributed by atoms with van der Waals surface area (Å²) in [7, 11) is -7.21. The fraction of sp³-hybridized carbons (Fsp3) is 0.455. The Morgan fingerprint density at radius 2 is 1.71 bits per heavy atom. The van der Waals surface area contributed by atoms with Crippen LogP contribution in [0.15, 0.2) is 47.4 Å². The molecule has 0 amide bonds. The summed E-state index contributed by atoms with van der Waals surface area (Å²) >= 11 is 0. The summed E-state index contributed by atoms with van der Waals surface area (Å²) in [5, 5.41) is 32.5. The molecule has 6 N–H and O–H groups in total. The molecule has 0 unspecified atom stereocenters. The van der Waals surface area contributed by atoms with Crippen LogP contribution in [0.25, 0.3) is 0 Å². The summed E-state index contributed by atoms with van der Waals surface area (Å²) in [5.74, 6) is -0.223. The predicted octanol–water partition coefficient (Wildman–Crippen LogP) is 0.326. The van der Waals surface area contributed by atoms with Gasteiger partial charge in [0.1, 0.15) is 5.75 Å². The molecule has 194 valence electrons. The molecule has 0 aromatic heterocycles.